The van der Waals surface area contributed by atoms with Gasteiger partial charge in [0.05, 0.1) is 11.6 Å². The monoisotopic (exact) mass is 408 g/mol. The molecule has 2 N–H and O–H groups in total. The van der Waals surface area contributed by atoms with Gasteiger partial charge in [0, 0.05) is 17.1 Å². The number of hydrazine groups is 1. The summed E-state index contributed by atoms with van der Waals surface area (Å²) in [5.74, 6) is -0.149. The second-order valence-electron chi connectivity index (χ2n) is 6.14. The van der Waals surface area contributed by atoms with Crippen molar-refractivity contribution in [3.8, 4) is 0 Å². The Kier molecular flexibility index (Phi) is 6.31. The van der Waals surface area contributed by atoms with Gasteiger partial charge >= 0.3 is 0 Å². The Morgan fingerprint density at radius 3 is 2.81 bits per heavy atom. The number of benzene rings is 2. The normalized spacial score (nSPS) is 16.7. The molecule has 0 saturated heterocycles. The zero-order chi connectivity index (χ0) is 19.4. The summed E-state index contributed by atoms with van der Waals surface area (Å²) in [7, 11) is 0. The van der Waals surface area contributed by atoms with E-state index in [2.05, 4.69) is 15.7 Å². The van der Waals surface area contributed by atoms with Gasteiger partial charge in [0.15, 0.2) is 0 Å². The molecular weight excluding hydrogens is 390 g/mol. The average Bonchev–Trinajstić information content (AvgIpc) is 3.05. The first-order chi connectivity index (χ1) is 13.0. The molecule has 142 valence electrons. The highest BCUT2D eigenvalue weighted by Gasteiger charge is 2.27. The Bertz CT molecular complexity index is 875. The minimum absolute atomic E-state index is 0.0571. The van der Waals surface area contributed by atoms with Gasteiger partial charge in [0.2, 0.25) is 5.91 Å². The minimum Gasteiger partial charge on any atom is -0.351 e. The fourth-order valence-corrected chi connectivity index (χ4v) is 3.09. The van der Waals surface area contributed by atoms with Crippen molar-refractivity contribution < 1.29 is 9.18 Å². The lowest BCUT2D eigenvalue weighted by molar-refractivity contribution is -0.123. The molecule has 1 aliphatic rings. The van der Waals surface area contributed by atoms with Gasteiger partial charge in [0.25, 0.3) is 0 Å². The molecule has 1 aliphatic heterocycles. The van der Waals surface area contributed by atoms with Gasteiger partial charge in [-0.3, -0.25) is 4.79 Å². The number of halogens is 3. The first kappa shape index (κ1) is 19.6. The predicted molar refractivity (Wildman–Crippen MR) is 105 cm³/mol. The van der Waals surface area contributed by atoms with Crippen molar-refractivity contribution >= 4 is 34.9 Å². The van der Waals surface area contributed by atoms with Crippen molar-refractivity contribution in [3.63, 3.8) is 0 Å². The zero-order valence-electron chi connectivity index (χ0n) is 14.7. The summed E-state index contributed by atoms with van der Waals surface area (Å²) in [5, 5.41) is 5.28. The average molecular weight is 409 g/mol. The zero-order valence-corrected chi connectivity index (χ0v) is 16.2. The molecule has 3 rings (SSSR count). The molecule has 0 fully saturated rings. The number of carbonyl (C=O) groups excluding carboxylic acids is 1. The minimum atomic E-state index is -0.510. The van der Waals surface area contributed by atoms with Crippen LogP contribution in [0.1, 0.15) is 24.5 Å². The van der Waals surface area contributed by atoms with Crippen LogP contribution in [0.25, 0.3) is 0 Å². The van der Waals surface area contributed by atoms with Crippen molar-refractivity contribution in [3.05, 3.63) is 69.5 Å². The van der Waals surface area contributed by atoms with Crippen LogP contribution in [0.3, 0.4) is 0 Å². The smallest absolute Gasteiger partial charge is 0.236 e. The maximum Gasteiger partial charge on any atom is 0.236 e. The molecule has 0 unspecified atom stereocenters. The number of hydrogen-bond donors (Lipinski definition) is 2. The van der Waals surface area contributed by atoms with E-state index in [1.54, 1.807) is 23.2 Å². The van der Waals surface area contributed by atoms with Crippen LogP contribution in [0.15, 0.2) is 47.5 Å². The third kappa shape index (κ3) is 4.97. The number of hydrogen-bond acceptors (Lipinski definition) is 4. The van der Waals surface area contributed by atoms with Gasteiger partial charge in [-0.15, -0.1) is 0 Å². The topological polar surface area (TPSA) is 56.7 Å². The molecule has 2 aromatic carbocycles. The molecule has 0 saturated carbocycles. The molecule has 1 atom stereocenters. The molecule has 1 heterocycles. The first-order valence-electron chi connectivity index (χ1n) is 8.54. The Hall–Kier alpha value is -2.15. The van der Waals surface area contributed by atoms with Crippen molar-refractivity contribution in [2.24, 2.45) is 4.99 Å². The molecule has 5 nitrogen and oxygen atoms in total. The Labute approximate surface area is 167 Å². The van der Waals surface area contributed by atoms with Crippen LogP contribution in [-0.4, -0.2) is 29.5 Å². The molecule has 0 aliphatic carbocycles. The van der Waals surface area contributed by atoms with Crippen molar-refractivity contribution in [1.29, 1.82) is 0 Å². The number of aliphatic imine (C=N–C) groups is 1. The van der Waals surface area contributed by atoms with Crippen LogP contribution in [0.5, 0.6) is 0 Å². The van der Waals surface area contributed by atoms with Gasteiger partial charge in [-0.1, -0.05) is 42.3 Å². The summed E-state index contributed by atoms with van der Waals surface area (Å²) in [6.07, 6.45) is 0.490. The number of amides is 1. The lowest BCUT2D eigenvalue weighted by Gasteiger charge is -2.21. The third-order valence-electron chi connectivity index (χ3n) is 4.14. The number of amidine groups is 1. The van der Waals surface area contributed by atoms with E-state index >= 15 is 0 Å². The third-order valence-corrected chi connectivity index (χ3v) is 4.68. The Balaban J connectivity index is 1.60. The van der Waals surface area contributed by atoms with Crippen LogP contribution in [0.4, 0.5) is 4.39 Å². The highest BCUT2D eigenvalue weighted by molar-refractivity contribution is 6.31. The quantitative estimate of drug-likeness (QED) is 0.764. The van der Waals surface area contributed by atoms with Gasteiger partial charge in [-0.05, 0) is 42.3 Å². The maximum absolute atomic E-state index is 13.7. The lowest BCUT2D eigenvalue weighted by atomic mass is 10.2. The number of rotatable bonds is 6. The molecule has 0 aromatic heterocycles. The van der Waals surface area contributed by atoms with E-state index in [9.17, 15) is 9.18 Å². The van der Waals surface area contributed by atoms with Gasteiger partial charge in [-0.25, -0.2) is 9.38 Å². The molecule has 0 bridgehead atoms. The van der Waals surface area contributed by atoms with Crippen LogP contribution in [0.2, 0.25) is 10.0 Å². The number of carbonyl (C=O) groups is 1. The van der Waals surface area contributed by atoms with Crippen molar-refractivity contribution in [2.75, 3.05) is 6.54 Å². The van der Waals surface area contributed by atoms with E-state index in [-0.39, 0.29) is 23.6 Å². The Morgan fingerprint density at radius 1 is 1.30 bits per heavy atom. The summed E-state index contributed by atoms with van der Waals surface area (Å²) in [6.45, 7) is 2.47. The second-order valence-corrected chi connectivity index (χ2v) is 6.99. The highest BCUT2D eigenvalue weighted by Crippen LogP contribution is 2.19. The maximum atomic E-state index is 13.7. The standard InChI is InChI=1S/C19H19Cl2FN4O/c1-2-17-24-19(13-6-7-15(21)16(22)9-13)25-26(17)11-18(27)23-10-12-4-3-5-14(20)8-12/h3-9,17H,2,10-11H2,1H3,(H,23,27)(H,24,25)/t17-/m1/s1. The first-order valence-corrected chi connectivity index (χ1v) is 9.29. The van der Waals surface area contributed by atoms with Gasteiger partial charge in [0.1, 0.15) is 17.8 Å². The van der Waals surface area contributed by atoms with Gasteiger partial charge < -0.3 is 10.7 Å². The van der Waals surface area contributed by atoms with Crippen LogP contribution < -0.4 is 10.7 Å². The van der Waals surface area contributed by atoms with Crippen molar-refractivity contribution in [1.82, 2.24) is 15.8 Å². The largest absolute Gasteiger partial charge is 0.351 e. The fraction of sp³-hybridized carbons (Fsp3) is 0.263. The summed E-state index contributed by atoms with van der Waals surface area (Å²) in [4.78, 5) is 16.8. The van der Waals surface area contributed by atoms with E-state index in [1.165, 1.54) is 12.1 Å². The van der Waals surface area contributed by atoms with Gasteiger partial charge in [-0.2, -0.15) is 5.01 Å². The highest BCUT2D eigenvalue weighted by atomic mass is 35.5. The number of nitrogens with zero attached hydrogens (tertiary/aromatic N) is 2. The SMILES string of the molecule is CC[C@@H]1N=C(c2ccc(Cl)c(F)c2)NN1CC(=O)NCc1cccc(Cl)c1. The van der Waals surface area contributed by atoms with Crippen LogP contribution in [0, 0.1) is 5.82 Å². The summed E-state index contributed by atoms with van der Waals surface area (Å²) in [5.41, 5.74) is 4.59. The summed E-state index contributed by atoms with van der Waals surface area (Å²) >= 11 is 11.7. The predicted octanol–water partition coefficient (Wildman–Crippen LogP) is 3.75. The molecule has 1 amide bonds. The molecule has 27 heavy (non-hydrogen) atoms. The van der Waals surface area contributed by atoms with Crippen LogP contribution >= 0.6 is 23.2 Å². The van der Waals surface area contributed by atoms with E-state index < -0.39 is 5.82 Å². The lowest BCUT2D eigenvalue weighted by Crippen LogP contribution is -2.46. The van der Waals surface area contributed by atoms with Crippen molar-refractivity contribution in [2.45, 2.75) is 26.1 Å². The molecule has 2 aromatic rings. The second kappa shape index (κ2) is 8.69. The van der Waals surface area contributed by atoms with E-state index in [4.69, 9.17) is 23.2 Å². The molecule has 0 radical (unpaired) electrons. The van der Waals surface area contributed by atoms with E-state index in [0.29, 0.717) is 29.4 Å². The summed E-state index contributed by atoms with van der Waals surface area (Å²) in [6, 6.07) is 11.8. The van der Waals surface area contributed by atoms with Crippen LogP contribution in [-0.2, 0) is 11.3 Å². The Morgan fingerprint density at radius 2 is 2.11 bits per heavy atom. The molecule has 8 heteroatoms. The summed E-state index contributed by atoms with van der Waals surface area (Å²) < 4.78 is 13.7. The molecular formula is C19H19Cl2FN4O. The van der Waals surface area contributed by atoms with E-state index in [1.807, 2.05) is 19.1 Å². The van der Waals surface area contributed by atoms with E-state index in [0.717, 1.165) is 5.56 Å². The molecule has 0 spiro atoms. The fourth-order valence-electron chi connectivity index (χ4n) is 2.76. The number of nitrogens with one attached hydrogen (secondary N) is 2.